The van der Waals surface area contributed by atoms with Crippen LogP contribution in [0.1, 0.15) is 140 Å². The number of hydrogen-bond acceptors (Lipinski definition) is 9. The van der Waals surface area contributed by atoms with Crippen molar-refractivity contribution < 1.29 is 43.2 Å². The lowest BCUT2D eigenvalue weighted by Gasteiger charge is -2.37. The van der Waals surface area contributed by atoms with E-state index in [-0.39, 0.29) is 24.6 Å². The number of nitrogens with zero attached hydrogens (tertiary/aromatic N) is 1. The van der Waals surface area contributed by atoms with E-state index in [2.05, 4.69) is 5.32 Å². The maximum atomic E-state index is 11.7. The second-order valence-electron chi connectivity index (χ2n) is 15.1. The number of carbonyl (C=O) groups excluding carboxylic acids is 3. The minimum atomic E-state index is -0.954. The monoisotopic (exact) mass is 861 g/mol. The van der Waals surface area contributed by atoms with Gasteiger partial charge < -0.3 is 34.1 Å². The van der Waals surface area contributed by atoms with E-state index in [1.807, 2.05) is 92.7 Å². The van der Waals surface area contributed by atoms with Crippen molar-refractivity contribution in [3.63, 3.8) is 0 Å². The molecule has 1 aliphatic heterocycles. The van der Waals surface area contributed by atoms with E-state index >= 15 is 0 Å². The summed E-state index contributed by atoms with van der Waals surface area (Å²) in [5.41, 5.74) is 1.86. The van der Waals surface area contributed by atoms with E-state index in [9.17, 15) is 14.4 Å². The molecule has 0 spiro atoms. The molecule has 2 amide bonds. The number of amides is 2. The zero-order chi connectivity index (χ0) is 45.3. The van der Waals surface area contributed by atoms with E-state index in [0.717, 1.165) is 41.0 Å². The van der Waals surface area contributed by atoms with Crippen LogP contribution in [0.2, 0.25) is 0 Å². The first-order chi connectivity index (χ1) is 30.3. The molecule has 2 N–H and O–H groups in total. The van der Waals surface area contributed by atoms with Gasteiger partial charge in [-0.05, 0) is 66.6 Å². The zero-order valence-corrected chi connectivity index (χ0v) is 38.5. The minimum absolute atomic E-state index is 0.164. The molecule has 1 saturated heterocycles. The summed E-state index contributed by atoms with van der Waals surface area (Å²) in [6.45, 7) is 6.68. The molecule has 62 heavy (non-hydrogen) atoms. The molecule has 0 aromatic heterocycles. The summed E-state index contributed by atoms with van der Waals surface area (Å²) in [4.78, 5) is 35.2. The number of esters is 1. The molecule has 3 aromatic carbocycles. The highest BCUT2D eigenvalue weighted by Crippen LogP contribution is 2.42. The van der Waals surface area contributed by atoms with Gasteiger partial charge in [-0.3, -0.25) is 19.3 Å². The first kappa shape index (κ1) is 53.4. The molecule has 1 aliphatic rings. The van der Waals surface area contributed by atoms with Gasteiger partial charge in [0.2, 0.25) is 12.3 Å². The van der Waals surface area contributed by atoms with Gasteiger partial charge in [-0.15, -0.1) is 0 Å². The normalized spacial score (nSPS) is 14.5. The van der Waals surface area contributed by atoms with Gasteiger partial charge in [0, 0.05) is 32.9 Å². The molecule has 1 fully saturated rings. The second-order valence-corrected chi connectivity index (χ2v) is 15.1. The Kier molecular flexibility index (Phi) is 28.4. The number of likely N-dealkylation sites (N-methyl/N-ethyl adjacent to an activating group) is 1. The number of rotatable bonds is 28. The van der Waals surface area contributed by atoms with Crippen LogP contribution in [0.4, 0.5) is 0 Å². The van der Waals surface area contributed by atoms with Crippen LogP contribution in [-0.4, -0.2) is 81.7 Å². The predicted molar refractivity (Wildman–Crippen MR) is 247 cm³/mol. The zero-order valence-electron chi connectivity index (χ0n) is 38.5. The first-order valence-electron chi connectivity index (χ1n) is 22.8. The lowest BCUT2D eigenvalue weighted by Crippen LogP contribution is -2.36. The Morgan fingerprint density at radius 3 is 1.63 bits per heavy atom. The standard InChI is InChI=1S/C31H34N2O6.C18H36O3.C2H6/c1-32-29(35)19-20-33(22-34)30-18-17-28(39-30)21-38-31(23-7-5-4-6-8-23,24-9-13-26(36-2)14-10-24)25-11-15-27(37-3)16-12-25;1-18(20)21-17-15-13-11-9-7-5-3-2-4-6-8-10-12-14-16-19;1-2/h4-16,19-20,22,28,30H,17-18,21H2,1-3H3,(H,32,35);19H,2-17H2,1H3;1-2H3/b20-19-;;. The van der Waals surface area contributed by atoms with Gasteiger partial charge in [0.15, 0.2) is 0 Å². The summed E-state index contributed by atoms with van der Waals surface area (Å²) in [6.07, 6.45) is 21.8. The van der Waals surface area contributed by atoms with E-state index in [1.165, 1.54) is 108 Å². The van der Waals surface area contributed by atoms with Crippen molar-refractivity contribution in [2.24, 2.45) is 0 Å². The topological polar surface area (TPSA) is 133 Å². The van der Waals surface area contributed by atoms with Crippen molar-refractivity contribution in [3.05, 3.63) is 108 Å². The molecular formula is C51H76N2O9. The maximum absolute atomic E-state index is 11.7. The van der Waals surface area contributed by atoms with Crippen LogP contribution in [-0.2, 0) is 34.2 Å². The van der Waals surface area contributed by atoms with E-state index < -0.39 is 11.8 Å². The molecule has 3 aromatic rings. The smallest absolute Gasteiger partial charge is 0.302 e. The van der Waals surface area contributed by atoms with Gasteiger partial charge in [0.1, 0.15) is 23.3 Å². The Bertz CT molecular complexity index is 1590. The molecule has 11 nitrogen and oxygen atoms in total. The van der Waals surface area contributed by atoms with Crippen molar-refractivity contribution >= 4 is 18.3 Å². The predicted octanol–water partition coefficient (Wildman–Crippen LogP) is 10.3. The molecule has 1 heterocycles. The number of nitrogens with one attached hydrogen (secondary N) is 1. The first-order valence-corrected chi connectivity index (χ1v) is 22.8. The third kappa shape index (κ3) is 19.6. The number of benzene rings is 3. The molecule has 344 valence electrons. The summed E-state index contributed by atoms with van der Waals surface area (Å²) < 4.78 is 28.8. The van der Waals surface area contributed by atoms with Crippen LogP contribution in [0.3, 0.4) is 0 Å². The number of aliphatic hydroxyl groups is 1. The van der Waals surface area contributed by atoms with Gasteiger partial charge in [-0.1, -0.05) is 145 Å². The Labute approximate surface area is 372 Å². The molecule has 4 rings (SSSR count). The van der Waals surface area contributed by atoms with Crippen LogP contribution in [0.5, 0.6) is 11.5 Å². The SMILES string of the molecule is CC.CC(=O)OCCCCCCCCCCCCCCCCO.CNC(=O)/C=C\N(C=O)C1CCC(COC(c2ccccc2)(c2ccc(OC)cc2)c2ccc(OC)cc2)O1. The summed E-state index contributed by atoms with van der Waals surface area (Å²) in [7, 11) is 4.81. The van der Waals surface area contributed by atoms with Gasteiger partial charge in [0.05, 0.1) is 33.5 Å². The Balaban J connectivity index is 0.000000489. The molecule has 0 radical (unpaired) electrons. The minimum Gasteiger partial charge on any atom is -0.497 e. The van der Waals surface area contributed by atoms with E-state index in [4.69, 9.17) is 28.8 Å². The average molecular weight is 861 g/mol. The highest BCUT2D eigenvalue weighted by Gasteiger charge is 2.40. The van der Waals surface area contributed by atoms with Gasteiger partial charge in [-0.2, -0.15) is 0 Å². The summed E-state index contributed by atoms with van der Waals surface area (Å²) in [5, 5.41) is 11.2. The van der Waals surface area contributed by atoms with Crippen LogP contribution >= 0.6 is 0 Å². The number of hydrogen-bond donors (Lipinski definition) is 2. The number of carbonyl (C=O) groups is 3. The van der Waals surface area contributed by atoms with E-state index in [1.54, 1.807) is 14.2 Å². The highest BCUT2D eigenvalue weighted by molar-refractivity contribution is 5.87. The average Bonchev–Trinajstić information content (AvgIpc) is 3.79. The number of methoxy groups -OCH3 is 2. The van der Waals surface area contributed by atoms with Crippen LogP contribution < -0.4 is 14.8 Å². The molecule has 0 aliphatic carbocycles. The Hall–Kier alpha value is -4.71. The molecule has 11 heteroatoms. The summed E-state index contributed by atoms with van der Waals surface area (Å²) >= 11 is 0. The number of ether oxygens (including phenoxy) is 5. The third-order valence-corrected chi connectivity index (χ3v) is 10.7. The number of aliphatic hydroxyl groups excluding tert-OH is 1. The van der Waals surface area contributed by atoms with Crippen LogP contribution in [0.15, 0.2) is 91.1 Å². The highest BCUT2D eigenvalue weighted by atomic mass is 16.6. The fraction of sp³-hybridized carbons (Fsp3) is 0.549. The lowest BCUT2D eigenvalue weighted by molar-refractivity contribution is -0.141. The Morgan fingerprint density at radius 2 is 1.19 bits per heavy atom. The second kappa shape index (κ2) is 32.9. The fourth-order valence-electron chi connectivity index (χ4n) is 7.31. The van der Waals surface area contributed by atoms with E-state index in [0.29, 0.717) is 32.5 Å². The molecule has 0 bridgehead atoms. The molecule has 2 unspecified atom stereocenters. The quantitative estimate of drug-likeness (QED) is 0.0241. The summed E-state index contributed by atoms with van der Waals surface area (Å²) in [5.74, 6) is 1.03. The number of unbranched alkanes of at least 4 members (excludes halogenated alkanes) is 13. The van der Waals surface area contributed by atoms with Crippen molar-refractivity contribution in [1.29, 1.82) is 0 Å². The van der Waals surface area contributed by atoms with Crippen molar-refractivity contribution in [2.45, 2.75) is 141 Å². The third-order valence-electron chi connectivity index (χ3n) is 10.7. The van der Waals surface area contributed by atoms with Crippen molar-refractivity contribution in [1.82, 2.24) is 10.2 Å². The molecular weight excluding hydrogens is 785 g/mol. The van der Waals surface area contributed by atoms with Gasteiger partial charge in [-0.25, -0.2) is 0 Å². The molecule has 2 atom stereocenters. The fourth-order valence-corrected chi connectivity index (χ4v) is 7.31. The van der Waals surface area contributed by atoms with Crippen molar-refractivity contribution in [2.75, 3.05) is 41.1 Å². The van der Waals surface area contributed by atoms with Gasteiger partial charge >= 0.3 is 5.97 Å². The molecule has 0 saturated carbocycles. The maximum Gasteiger partial charge on any atom is 0.302 e. The van der Waals surface area contributed by atoms with Crippen LogP contribution in [0.25, 0.3) is 0 Å². The summed E-state index contributed by atoms with van der Waals surface area (Å²) in [6, 6.07) is 25.7. The van der Waals surface area contributed by atoms with Crippen LogP contribution in [0, 0.1) is 0 Å². The largest absolute Gasteiger partial charge is 0.497 e. The Morgan fingerprint density at radius 1 is 0.726 bits per heavy atom. The van der Waals surface area contributed by atoms with Crippen molar-refractivity contribution in [3.8, 4) is 11.5 Å². The lowest BCUT2D eigenvalue weighted by atomic mass is 9.80. The van der Waals surface area contributed by atoms with Gasteiger partial charge in [0.25, 0.3) is 0 Å².